The predicted octanol–water partition coefficient (Wildman–Crippen LogP) is 5.89. The number of hydrogen-bond acceptors (Lipinski definition) is 2. The van der Waals surface area contributed by atoms with Gasteiger partial charge in [-0.3, -0.25) is 9.59 Å². The van der Waals surface area contributed by atoms with Crippen LogP contribution in [0.5, 0.6) is 0 Å². The molecule has 0 amide bonds. The summed E-state index contributed by atoms with van der Waals surface area (Å²) in [6.07, 6.45) is 14.3. The Morgan fingerprint density at radius 3 is 1.54 bits per heavy atom. The van der Waals surface area contributed by atoms with Gasteiger partial charge in [-0.05, 0) is 18.8 Å². The maximum Gasteiger partial charge on any atom is 0.307 e. The number of carboxylic acids is 2. The van der Waals surface area contributed by atoms with Crippen molar-refractivity contribution in [3.05, 3.63) is 0 Å². The highest BCUT2D eigenvalue weighted by molar-refractivity contribution is 5.77. The van der Waals surface area contributed by atoms with Crippen LogP contribution in [0.1, 0.15) is 104 Å². The lowest BCUT2D eigenvalue weighted by Crippen LogP contribution is -2.26. The van der Waals surface area contributed by atoms with Gasteiger partial charge >= 0.3 is 11.9 Å². The molecule has 2 atom stereocenters. The van der Waals surface area contributed by atoms with Crippen LogP contribution in [0.15, 0.2) is 0 Å². The monoisotopic (exact) mass is 342 g/mol. The van der Waals surface area contributed by atoms with Gasteiger partial charge in [-0.15, -0.1) is 0 Å². The molecule has 0 saturated heterocycles. The average molecular weight is 343 g/mol. The van der Waals surface area contributed by atoms with Gasteiger partial charge in [-0.25, -0.2) is 0 Å². The third kappa shape index (κ3) is 12.4. The van der Waals surface area contributed by atoms with E-state index >= 15 is 0 Å². The molecule has 0 aromatic rings. The Labute approximate surface area is 148 Å². The van der Waals surface area contributed by atoms with Gasteiger partial charge in [0.05, 0.1) is 12.3 Å². The first kappa shape index (κ1) is 22.9. The van der Waals surface area contributed by atoms with Crippen LogP contribution >= 0.6 is 0 Å². The topological polar surface area (TPSA) is 74.6 Å². The summed E-state index contributed by atoms with van der Waals surface area (Å²) in [4.78, 5) is 22.5. The number of rotatable bonds is 17. The van der Waals surface area contributed by atoms with Crippen LogP contribution in [0.4, 0.5) is 0 Å². The first-order valence-electron chi connectivity index (χ1n) is 9.97. The fraction of sp³-hybridized carbons (Fsp3) is 0.900. The standard InChI is InChI=1S/C20H38O4/c1-3-5-7-9-10-11-13-15-17(14-12-8-6-4-2)18(20(23)24)16-19(21)22/h17-18H,3-16H2,1-2H3,(H,21,22)(H,23,24). The Balaban J connectivity index is 4.33. The molecular formula is C20H38O4. The lowest BCUT2D eigenvalue weighted by Gasteiger charge is -2.23. The summed E-state index contributed by atoms with van der Waals surface area (Å²) in [6.45, 7) is 4.36. The van der Waals surface area contributed by atoms with E-state index in [1.54, 1.807) is 0 Å². The molecule has 0 heterocycles. The molecule has 4 nitrogen and oxygen atoms in total. The van der Waals surface area contributed by atoms with Crippen molar-refractivity contribution in [1.82, 2.24) is 0 Å². The first-order chi connectivity index (χ1) is 11.5. The molecule has 142 valence electrons. The van der Waals surface area contributed by atoms with Gasteiger partial charge in [0.25, 0.3) is 0 Å². The Kier molecular flexibility index (Phi) is 14.8. The van der Waals surface area contributed by atoms with E-state index in [-0.39, 0.29) is 12.3 Å². The van der Waals surface area contributed by atoms with Gasteiger partial charge in [0.2, 0.25) is 0 Å². The molecule has 0 aliphatic rings. The van der Waals surface area contributed by atoms with Gasteiger partial charge in [0.15, 0.2) is 0 Å². The van der Waals surface area contributed by atoms with Crippen molar-refractivity contribution in [3.63, 3.8) is 0 Å². The van der Waals surface area contributed by atoms with Crippen LogP contribution in [0.2, 0.25) is 0 Å². The average Bonchev–Trinajstić information content (AvgIpc) is 2.53. The minimum atomic E-state index is -1.000. The van der Waals surface area contributed by atoms with Crippen molar-refractivity contribution in [2.75, 3.05) is 0 Å². The molecule has 0 aromatic carbocycles. The minimum absolute atomic E-state index is 0.00565. The van der Waals surface area contributed by atoms with E-state index in [9.17, 15) is 14.7 Å². The second kappa shape index (κ2) is 15.5. The Bertz CT molecular complexity index is 328. The predicted molar refractivity (Wildman–Crippen MR) is 98.2 cm³/mol. The number of carbonyl (C=O) groups is 2. The van der Waals surface area contributed by atoms with Crippen molar-refractivity contribution in [2.24, 2.45) is 11.8 Å². The summed E-state index contributed by atoms with van der Waals surface area (Å²) in [5.74, 6) is -2.67. The maximum atomic E-state index is 11.5. The minimum Gasteiger partial charge on any atom is -0.481 e. The molecule has 0 spiro atoms. The lowest BCUT2D eigenvalue weighted by atomic mass is 9.81. The van der Waals surface area contributed by atoms with Crippen molar-refractivity contribution < 1.29 is 19.8 Å². The van der Waals surface area contributed by atoms with Gasteiger partial charge in [-0.2, -0.15) is 0 Å². The van der Waals surface area contributed by atoms with E-state index in [0.29, 0.717) is 0 Å². The fourth-order valence-electron chi connectivity index (χ4n) is 3.39. The molecule has 0 fully saturated rings. The first-order valence-corrected chi connectivity index (χ1v) is 9.97. The molecule has 0 bridgehead atoms. The van der Waals surface area contributed by atoms with Gasteiger partial charge < -0.3 is 10.2 Å². The fourth-order valence-corrected chi connectivity index (χ4v) is 3.39. The van der Waals surface area contributed by atoms with Crippen molar-refractivity contribution in [2.45, 2.75) is 104 Å². The van der Waals surface area contributed by atoms with Crippen molar-refractivity contribution in [3.8, 4) is 0 Å². The molecule has 24 heavy (non-hydrogen) atoms. The van der Waals surface area contributed by atoms with E-state index in [1.807, 2.05) is 0 Å². The van der Waals surface area contributed by atoms with Crippen LogP contribution in [-0.2, 0) is 9.59 Å². The molecule has 0 aliphatic carbocycles. The highest BCUT2D eigenvalue weighted by atomic mass is 16.4. The highest BCUT2D eigenvalue weighted by Gasteiger charge is 2.29. The second-order valence-electron chi connectivity index (χ2n) is 7.06. The molecule has 4 heteroatoms. The van der Waals surface area contributed by atoms with E-state index in [4.69, 9.17) is 5.11 Å². The molecule has 0 saturated carbocycles. The van der Waals surface area contributed by atoms with Gasteiger partial charge in [0.1, 0.15) is 0 Å². The molecular weight excluding hydrogens is 304 g/mol. The zero-order valence-corrected chi connectivity index (χ0v) is 15.8. The van der Waals surface area contributed by atoms with Gasteiger partial charge in [-0.1, -0.05) is 84.5 Å². The number of carboxylic acid groups (broad SMARTS) is 2. The van der Waals surface area contributed by atoms with E-state index in [0.717, 1.165) is 44.9 Å². The maximum absolute atomic E-state index is 11.5. The second-order valence-corrected chi connectivity index (χ2v) is 7.06. The quantitative estimate of drug-likeness (QED) is 0.323. The zero-order valence-electron chi connectivity index (χ0n) is 15.8. The molecule has 0 aliphatic heterocycles. The zero-order chi connectivity index (χ0) is 18.2. The lowest BCUT2D eigenvalue weighted by molar-refractivity contribution is -0.150. The molecule has 2 N–H and O–H groups in total. The Morgan fingerprint density at radius 2 is 1.12 bits per heavy atom. The highest BCUT2D eigenvalue weighted by Crippen LogP contribution is 2.28. The van der Waals surface area contributed by atoms with Crippen molar-refractivity contribution >= 4 is 11.9 Å². The van der Waals surface area contributed by atoms with E-state index in [2.05, 4.69) is 13.8 Å². The molecule has 0 aromatic heterocycles. The van der Waals surface area contributed by atoms with Crippen molar-refractivity contribution in [1.29, 1.82) is 0 Å². The third-order valence-corrected chi connectivity index (χ3v) is 4.89. The molecule has 2 unspecified atom stereocenters. The van der Waals surface area contributed by atoms with Crippen LogP contribution in [0.25, 0.3) is 0 Å². The van der Waals surface area contributed by atoms with Crippen LogP contribution < -0.4 is 0 Å². The SMILES string of the molecule is CCCCCCCCCC(CCCCCC)C(CC(=O)O)C(=O)O. The number of aliphatic carboxylic acids is 2. The summed E-state index contributed by atoms with van der Waals surface area (Å²) in [5.41, 5.74) is 0. The van der Waals surface area contributed by atoms with Crippen LogP contribution in [0, 0.1) is 11.8 Å². The Morgan fingerprint density at radius 1 is 0.708 bits per heavy atom. The van der Waals surface area contributed by atoms with E-state index < -0.39 is 17.9 Å². The van der Waals surface area contributed by atoms with Crippen LogP contribution in [0.3, 0.4) is 0 Å². The number of unbranched alkanes of at least 4 members (excludes halogenated alkanes) is 9. The van der Waals surface area contributed by atoms with Crippen LogP contribution in [-0.4, -0.2) is 22.2 Å². The summed E-state index contributed by atoms with van der Waals surface area (Å²) in [6, 6.07) is 0. The smallest absolute Gasteiger partial charge is 0.307 e. The number of hydrogen-bond donors (Lipinski definition) is 2. The molecule has 0 rings (SSSR count). The normalized spacial score (nSPS) is 13.6. The summed E-state index contributed by atoms with van der Waals surface area (Å²) >= 11 is 0. The Hall–Kier alpha value is -1.06. The molecule has 0 radical (unpaired) electrons. The largest absolute Gasteiger partial charge is 0.481 e. The van der Waals surface area contributed by atoms with E-state index in [1.165, 1.54) is 38.5 Å². The summed E-state index contributed by atoms with van der Waals surface area (Å²) in [5, 5.41) is 18.5. The summed E-state index contributed by atoms with van der Waals surface area (Å²) in [7, 11) is 0. The van der Waals surface area contributed by atoms with Gasteiger partial charge in [0, 0.05) is 0 Å². The third-order valence-electron chi connectivity index (χ3n) is 4.89. The summed E-state index contributed by atoms with van der Waals surface area (Å²) < 4.78 is 0.